The molecule has 0 saturated heterocycles. The number of benzene rings is 4. The van der Waals surface area contributed by atoms with Crippen LogP contribution in [0.2, 0.25) is 0 Å². The van der Waals surface area contributed by atoms with E-state index in [2.05, 4.69) is 45.2 Å². The summed E-state index contributed by atoms with van der Waals surface area (Å²) < 4.78 is 179. The Balaban J connectivity index is 1.81. The highest BCUT2D eigenvalue weighted by Gasteiger charge is 2.86. The first-order valence-electron chi connectivity index (χ1n) is 15.2. The zero-order chi connectivity index (χ0) is 40.0. The Bertz CT molecular complexity index is 2080. The second-order valence-electron chi connectivity index (χ2n) is 11.3. The van der Waals surface area contributed by atoms with E-state index in [9.17, 15) is 39.2 Å². The number of fused-ring (bicyclic) bond motifs is 3. The van der Waals surface area contributed by atoms with E-state index in [1.807, 2.05) is 22.6 Å². The monoisotopic (exact) mass is 1150 g/mol. The zero-order valence-corrected chi connectivity index (χ0v) is 35.4. The fourth-order valence-corrected chi connectivity index (χ4v) is 12.0. The van der Waals surface area contributed by atoms with Crippen LogP contribution < -0.4 is 4.74 Å². The summed E-state index contributed by atoms with van der Waals surface area (Å²) >= 11 is 6.07. The molecule has 20 heteroatoms. The number of rotatable bonds is 15. The molecule has 294 valence electrons. The molecular weight excluding hydrogens is 1120 g/mol. The topological polar surface area (TPSA) is 71.1 Å². The quantitative estimate of drug-likeness (QED) is 0.0511. The average Bonchev–Trinajstić information content (AvgIpc) is 3.40. The van der Waals surface area contributed by atoms with Crippen LogP contribution in [0, 0.1) is 3.57 Å². The lowest BCUT2D eigenvalue weighted by Crippen LogP contribution is -2.63. The summed E-state index contributed by atoms with van der Waals surface area (Å²) in [5.41, 5.74) is 1.11. The van der Waals surface area contributed by atoms with Crippen LogP contribution in [0.15, 0.2) is 106 Å². The van der Waals surface area contributed by atoms with Crippen molar-refractivity contribution in [2.75, 3.05) is 29.2 Å². The summed E-state index contributed by atoms with van der Waals surface area (Å²) in [5.74, 6) is -16.1. The molecule has 1 aliphatic rings. The van der Waals surface area contributed by atoms with Gasteiger partial charge in [0.05, 0.1) is 20.3 Å². The van der Waals surface area contributed by atoms with Gasteiger partial charge in [-0.1, -0.05) is 69.4 Å². The molecule has 4 aromatic rings. The van der Waals surface area contributed by atoms with Crippen molar-refractivity contribution in [1.29, 1.82) is 0 Å². The molecule has 0 aliphatic carbocycles. The highest BCUT2D eigenvalue weighted by Crippen LogP contribution is 2.78. The fraction of sp³-hybridized carbons (Fsp3) is 0.294. The van der Waals surface area contributed by atoms with E-state index in [0.29, 0.717) is 29.3 Å². The van der Waals surface area contributed by atoms with Crippen LogP contribution in [-0.4, -0.2) is 60.9 Å². The molecule has 1 atom stereocenters. The van der Waals surface area contributed by atoms with E-state index in [1.165, 1.54) is 73.8 Å². The van der Waals surface area contributed by atoms with Gasteiger partial charge in [-0.05, 0) is 111 Å². The van der Waals surface area contributed by atoms with E-state index in [0.717, 1.165) is 0 Å². The normalized spacial score (nSPS) is 17.8. The molecule has 0 bridgehead atoms. The predicted octanol–water partition coefficient (Wildman–Crippen LogP) is 11.4. The van der Waals surface area contributed by atoms with Crippen molar-refractivity contribution in [1.82, 2.24) is 0 Å². The number of hydrogen-bond donors (Lipinski definition) is 0. The SMILES string of the molecule is COc1ccc(C(OCCI)(OCCI)c2ccc3c(c2)-c2ccccc2S3(OS(=O)(=O)C(F)(F)C(F)(F)C(F)(F)C(F)(F)F)c2ccc(I)cc2)cc1. The third kappa shape index (κ3) is 7.24. The van der Waals surface area contributed by atoms with Crippen molar-refractivity contribution < 1.29 is 65.8 Å². The third-order valence-electron chi connectivity index (χ3n) is 8.16. The molecule has 0 saturated carbocycles. The van der Waals surface area contributed by atoms with Crippen LogP contribution in [0.5, 0.6) is 5.75 Å². The average molecular weight is 1150 g/mol. The fourth-order valence-electron chi connectivity index (χ4n) is 5.66. The Morgan fingerprint density at radius 2 is 1.20 bits per heavy atom. The van der Waals surface area contributed by atoms with Gasteiger partial charge in [-0.25, -0.2) is 3.63 Å². The van der Waals surface area contributed by atoms with Crippen LogP contribution in [-0.2, 0) is 29.0 Å². The first-order chi connectivity index (χ1) is 25.2. The maximum Gasteiger partial charge on any atom is 0.460 e. The molecule has 1 unspecified atom stereocenters. The van der Waals surface area contributed by atoms with Gasteiger partial charge in [-0.15, -0.1) is 0 Å². The molecule has 0 spiro atoms. The van der Waals surface area contributed by atoms with Gasteiger partial charge >= 0.3 is 33.4 Å². The largest absolute Gasteiger partial charge is 0.497 e. The van der Waals surface area contributed by atoms with Crippen LogP contribution in [0.3, 0.4) is 0 Å². The summed E-state index contributed by atoms with van der Waals surface area (Å²) in [7, 11) is -10.0. The minimum Gasteiger partial charge on any atom is -0.497 e. The minimum atomic E-state index is -7.50. The third-order valence-corrected chi connectivity index (χ3v) is 15.1. The van der Waals surface area contributed by atoms with Gasteiger partial charge < -0.3 is 14.2 Å². The first kappa shape index (κ1) is 43.5. The highest BCUT2D eigenvalue weighted by atomic mass is 127. The number of ether oxygens (including phenoxy) is 3. The summed E-state index contributed by atoms with van der Waals surface area (Å²) in [6, 6.07) is 21.9. The molecular formula is C34H26F9I3O6S2. The Labute approximate surface area is 346 Å². The molecule has 1 aliphatic heterocycles. The van der Waals surface area contributed by atoms with E-state index in [1.54, 1.807) is 24.3 Å². The number of alkyl halides is 11. The molecule has 0 aromatic heterocycles. The summed E-state index contributed by atoms with van der Waals surface area (Å²) in [4.78, 5) is -0.471. The Morgan fingerprint density at radius 3 is 1.74 bits per heavy atom. The Morgan fingerprint density at radius 1 is 0.667 bits per heavy atom. The zero-order valence-electron chi connectivity index (χ0n) is 27.3. The minimum absolute atomic E-state index is 0.136. The standard InChI is InChI=1S/C34H26F9I3O6S2/c1-49-24-11-6-21(7-12-24)30(50-18-16-44,51-19-17-45)22-8-15-29-27(20-22)26-4-2-3-5-28(26)53(29,25-13-9-23(46)10-14-25)52-54(47,48)34(42,43)32(37,38)31(35,36)33(39,40)41/h2-15,20H,16-19H2,1H3. The van der Waals surface area contributed by atoms with Crippen molar-refractivity contribution in [2.24, 2.45) is 0 Å². The highest BCUT2D eigenvalue weighted by molar-refractivity contribution is 14.1. The summed E-state index contributed by atoms with van der Waals surface area (Å²) in [5, 5.41) is -7.09. The van der Waals surface area contributed by atoms with Gasteiger partial charge in [0.2, 0.25) is 5.79 Å². The van der Waals surface area contributed by atoms with Gasteiger partial charge in [-0.2, -0.15) is 47.9 Å². The maximum atomic E-state index is 15.4. The second kappa shape index (κ2) is 16.0. The van der Waals surface area contributed by atoms with E-state index in [-0.39, 0.29) is 39.0 Å². The lowest BCUT2D eigenvalue weighted by molar-refractivity contribution is -0.382. The second-order valence-corrected chi connectivity index (χ2v) is 19.2. The molecule has 0 amide bonds. The Kier molecular flexibility index (Phi) is 12.9. The number of hydrogen-bond acceptors (Lipinski definition) is 6. The van der Waals surface area contributed by atoms with Gasteiger partial charge in [0, 0.05) is 38.2 Å². The predicted molar refractivity (Wildman–Crippen MR) is 208 cm³/mol. The van der Waals surface area contributed by atoms with Crippen LogP contribution in [0.4, 0.5) is 39.5 Å². The molecule has 0 N–H and O–H groups in total. The van der Waals surface area contributed by atoms with Gasteiger partial charge in [0.15, 0.2) is 0 Å². The molecule has 6 nitrogen and oxygen atoms in total. The van der Waals surface area contributed by atoms with Crippen LogP contribution in [0.25, 0.3) is 11.1 Å². The molecule has 5 rings (SSSR count). The van der Waals surface area contributed by atoms with Crippen molar-refractivity contribution in [2.45, 2.75) is 43.7 Å². The number of methoxy groups -OCH3 is 1. The van der Waals surface area contributed by atoms with E-state index < -0.39 is 49.5 Å². The molecule has 1 heterocycles. The first-order valence-corrected chi connectivity index (χ1v) is 22.3. The van der Waals surface area contributed by atoms with Gasteiger partial charge in [0.1, 0.15) is 5.75 Å². The summed E-state index contributed by atoms with van der Waals surface area (Å²) in [6.45, 7) is 0.319. The van der Waals surface area contributed by atoms with Gasteiger partial charge in [-0.3, -0.25) is 0 Å². The number of halogens is 12. The lowest BCUT2D eigenvalue weighted by Gasteiger charge is -2.40. The lowest BCUT2D eigenvalue weighted by atomic mass is 9.93. The van der Waals surface area contributed by atoms with Crippen molar-refractivity contribution in [3.05, 3.63) is 106 Å². The smallest absolute Gasteiger partial charge is 0.460 e. The molecule has 54 heavy (non-hydrogen) atoms. The van der Waals surface area contributed by atoms with Gasteiger partial charge in [0.25, 0.3) is 0 Å². The molecule has 0 radical (unpaired) electrons. The maximum absolute atomic E-state index is 15.4. The Hall–Kier alpha value is -1.58. The van der Waals surface area contributed by atoms with E-state index >= 15 is 8.78 Å². The van der Waals surface area contributed by atoms with Crippen molar-refractivity contribution in [3.63, 3.8) is 0 Å². The summed E-state index contributed by atoms with van der Waals surface area (Å²) in [6.07, 6.45) is -7.26. The van der Waals surface area contributed by atoms with E-state index in [4.69, 9.17) is 17.8 Å². The van der Waals surface area contributed by atoms with Crippen LogP contribution >= 0.6 is 78.1 Å². The molecule has 0 fully saturated rings. The van der Waals surface area contributed by atoms with Crippen molar-refractivity contribution >= 4 is 88.2 Å². The van der Waals surface area contributed by atoms with Crippen LogP contribution in [0.1, 0.15) is 11.1 Å². The van der Waals surface area contributed by atoms with Crippen molar-refractivity contribution in [3.8, 4) is 16.9 Å². The molecule has 4 aromatic carbocycles.